The molecule has 0 saturated heterocycles. The maximum Gasteiger partial charge on any atom is 0.185 e. The van der Waals surface area contributed by atoms with Crippen LogP contribution in [0.4, 0.5) is 0 Å². The average Bonchev–Trinajstić information content (AvgIpc) is 2.30. The fourth-order valence-corrected chi connectivity index (χ4v) is 2.32. The first-order valence-corrected chi connectivity index (χ1v) is 5.27. The molecule has 0 bridgehead atoms. The molecular weight excluding hydrogens is 215 g/mol. The smallest absolute Gasteiger partial charge is 0.185 e. The second kappa shape index (κ2) is 4.42. The Kier molecular flexibility index (Phi) is 3.77. The lowest BCUT2D eigenvalue weighted by Crippen LogP contribution is -2.20. The number of rotatable bonds is 3. The number of halogens is 2. The van der Waals surface area contributed by atoms with Crippen molar-refractivity contribution in [3.8, 4) is 0 Å². The van der Waals surface area contributed by atoms with Crippen molar-refractivity contribution in [3.63, 3.8) is 0 Å². The van der Waals surface area contributed by atoms with Crippen molar-refractivity contribution in [2.75, 3.05) is 0 Å². The number of hydrogen-bond acceptors (Lipinski definition) is 3. The van der Waals surface area contributed by atoms with Gasteiger partial charge in [0.25, 0.3) is 0 Å². The van der Waals surface area contributed by atoms with Gasteiger partial charge >= 0.3 is 0 Å². The molecule has 2 nitrogen and oxygen atoms in total. The molecule has 68 valence electrons. The quantitative estimate of drug-likeness (QED) is 0.858. The third-order valence-electron chi connectivity index (χ3n) is 1.60. The number of aromatic nitrogens is 1. The normalized spacial score (nSPS) is 13.3. The van der Waals surface area contributed by atoms with E-state index in [-0.39, 0.29) is 6.04 Å². The minimum Gasteiger partial charge on any atom is -0.327 e. The summed E-state index contributed by atoms with van der Waals surface area (Å²) in [6, 6.07) is 0.152. The molecule has 1 heterocycles. The lowest BCUT2D eigenvalue weighted by Gasteiger charge is -2.05. The van der Waals surface area contributed by atoms with E-state index in [0.29, 0.717) is 9.62 Å². The largest absolute Gasteiger partial charge is 0.327 e. The van der Waals surface area contributed by atoms with Crippen molar-refractivity contribution in [2.24, 2.45) is 5.73 Å². The standard InChI is InChI=1S/C7H10Cl2N2S/c1-2-4(10)3-5-6(8)11-7(9)12-5/h4H,2-3,10H2,1H3. The third kappa shape index (κ3) is 2.59. The highest BCUT2D eigenvalue weighted by Gasteiger charge is 2.10. The average molecular weight is 225 g/mol. The van der Waals surface area contributed by atoms with Gasteiger partial charge in [0.2, 0.25) is 0 Å². The molecule has 0 radical (unpaired) electrons. The van der Waals surface area contributed by atoms with Crippen molar-refractivity contribution in [1.82, 2.24) is 4.98 Å². The minimum atomic E-state index is 0.152. The van der Waals surface area contributed by atoms with Crippen LogP contribution in [-0.2, 0) is 6.42 Å². The Morgan fingerprint density at radius 2 is 2.25 bits per heavy atom. The summed E-state index contributed by atoms with van der Waals surface area (Å²) in [5, 5.41) is 0.494. The van der Waals surface area contributed by atoms with Crippen LogP contribution in [-0.4, -0.2) is 11.0 Å². The van der Waals surface area contributed by atoms with Crippen LogP contribution in [0, 0.1) is 0 Å². The molecule has 0 saturated carbocycles. The third-order valence-corrected chi connectivity index (χ3v) is 3.20. The molecule has 0 aliphatic carbocycles. The fourth-order valence-electron chi connectivity index (χ4n) is 0.814. The van der Waals surface area contributed by atoms with Crippen LogP contribution < -0.4 is 5.73 Å². The summed E-state index contributed by atoms with van der Waals surface area (Å²) in [5.74, 6) is 0. The molecule has 0 fully saturated rings. The highest BCUT2D eigenvalue weighted by atomic mass is 35.5. The van der Waals surface area contributed by atoms with Crippen LogP contribution in [0.15, 0.2) is 0 Å². The molecule has 2 N–H and O–H groups in total. The summed E-state index contributed by atoms with van der Waals surface area (Å²) in [5.41, 5.74) is 5.76. The van der Waals surface area contributed by atoms with E-state index in [0.717, 1.165) is 17.7 Å². The van der Waals surface area contributed by atoms with Crippen molar-refractivity contribution in [2.45, 2.75) is 25.8 Å². The zero-order valence-electron chi connectivity index (χ0n) is 6.68. The summed E-state index contributed by atoms with van der Waals surface area (Å²) in [4.78, 5) is 4.87. The van der Waals surface area contributed by atoms with Crippen molar-refractivity contribution in [1.29, 1.82) is 0 Å². The molecule has 0 aliphatic heterocycles. The molecule has 0 aliphatic rings. The van der Waals surface area contributed by atoms with Crippen LogP contribution in [0.2, 0.25) is 9.62 Å². The molecule has 1 aromatic heterocycles. The van der Waals surface area contributed by atoms with Gasteiger partial charge in [0.15, 0.2) is 4.47 Å². The predicted molar refractivity (Wildman–Crippen MR) is 54.1 cm³/mol. The monoisotopic (exact) mass is 224 g/mol. The molecule has 1 rings (SSSR count). The number of hydrogen-bond donors (Lipinski definition) is 1. The van der Waals surface area contributed by atoms with Gasteiger partial charge in [0.1, 0.15) is 5.15 Å². The van der Waals surface area contributed by atoms with E-state index in [1.807, 2.05) is 6.92 Å². The van der Waals surface area contributed by atoms with Crippen LogP contribution in [0.5, 0.6) is 0 Å². The molecule has 1 atom stereocenters. The number of nitrogens with two attached hydrogens (primary N) is 1. The van der Waals surface area contributed by atoms with E-state index in [4.69, 9.17) is 28.9 Å². The zero-order chi connectivity index (χ0) is 9.14. The summed E-state index contributed by atoms with van der Waals surface area (Å²) in [6.07, 6.45) is 1.70. The molecule has 1 unspecified atom stereocenters. The molecular formula is C7H10Cl2N2S. The van der Waals surface area contributed by atoms with Crippen LogP contribution in [0.25, 0.3) is 0 Å². The predicted octanol–water partition coefficient (Wildman–Crippen LogP) is 2.73. The SMILES string of the molecule is CCC(N)Cc1sc(Cl)nc1Cl. The van der Waals surface area contributed by atoms with Gasteiger partial charge in [-0.15, -0.1) is 11.3 Å². The van der Waals surface area contributed by atoms with Crippen LogP contribution in [0.1, 0.15) is 18.2 Å². The van der Waals surface area contributed by atoms with Crippen molar-refractivity contribution < 1.29 is 0 Å². The summed E-state index contributed by atoms with van der Waals surface area (Å²) < 4.78 is 0.485. The minimum absolute atomic E-state index is 0.152. The first-order chi connectivity index (χ1) is 5.63. The Labute approximate surface area is 85.7 Å². The van der Waals surface area contributed by atoms with Crippen LogP contribution in [0.3, 0.4) is 0 Å². The van der Waals surface area contributed by atoms with E-state index >= 15 is 0 Å². The van der Waals surface area contributed by atoms with Gasteiger partial charge in [-0.25, -0.2) is 4.98 Å². The fraction of sp³-hybridized carbons (Fsp3) is 0.571. The number of nitrogens with zero attached hydrogens (tertiary/aromatic N) is 1. The van der Waals surface area contributed by atoms with Crippen molar-refractivity contribution >= 4 is 34.5 Å². The first-order valence-electron chi connectivity index (χ1n) is 3.69. The Bertz CT molecular complexity index is 262. The first kappa shape index (κ1) is 10.3. The summed E-state index contributed by atoms with van der Waals surface area (Å²) in [7, 11) is 0. The van der Waals surface area contributed by atoms with Gasteiger partial charge in [-0.1, -0.05) is 30.1 Å². The van der Waals surface area contributed by atoms with E-state index < -0.39 is 0 Å². The van der Waals surface area contributed by atoms with Gasteiger partial charge in [0.05, 0.1) is 0 Å². The Balaban J connectivity index is 2.68. The van der Waals surface area contributed by atoms with Gasteiger partial charge in [-0.3, -0.25) is 0 Å². The number of thiazole rings is 1. The second-order valence-corrected chi connectivity index (χ2v) is 4.58. The van der Waals surface area contributed by atoms with Crippen molar-refractivity contribution in [3.05, 3.63) is 14.5 Å². The highest BCUT2D eigenvalue weighted by molar-refractivity contribution is 7.16. The van der Waals surface area contributed by atoms with Crippen LogP contribution >= 0.6 is 34.5 Å². The van der Waals surface area contributed by atoms with Gasteiger partial charge < -0.3 is 5.73 Å². The van der Waals surface area contributed by atoms with E-state index in [2.05, 4.69) is 4.98 Å². The lowest BCUT2D eigenvalue weighted by atomic mass is 10.1. The maximum absolute atomic E-state index is 5.81. The molecule has 12 heavy (non-hydrogen) atoms. The van der Waals surface area contributed by atoms with E-state index in [1.54, 1.807) is 0 Å². The van der Waals surface area contributed by atoms with E-state index in [1.165, 1.54) is 11.3 Å². The van der Waals surface area contributed by atoms with Gasteiger partial charge in [-0.2, -0.15) is 0 Å². The second-order valence-electron chi connectivity index (χ2n) is 2.55. The van der Waals surface area contributed by atoms with Gasteiger partial charge in [-0.05, 0) is 6.42 Å². The summed E-state index contributed by atoms with van der Waals surface area (Å²) in [6.45, 7) is 2.04. The molecule has 5 heteroatoms. The zero-order valence-corrected chi connectivity index (χ0v) is 9.01. The topological polar surface area (TPSA) is 38.9 Å². The van der Waals surface area contributed by atoms with Gasteiger partial charge in [0, 0.05) is 17.3 Å². The highest BCUT2D eigenvalue weighted by Crippen LogP contribution is 2.27. The maximum atomic E-state index is 5.81. The molecule has 0 aromatic carbocycles. The van der Waals surface area contributed by atoms with E-state index in [9.17, 15) is 0 Å². The molecule has 0 spiro atoms. The Hall–Kier alpha value is 0.170. The Morgan fingerprint density at radius 3 is 2.67 bits per heavy atom. The summed E-state index contributed by atoms with van der Waals surface area (Å²) >= 11 is 12.9. The molecule has 1 aromatic rings. The molecule has 0 amide bonds. The lowest BCUT2D eigenvalue weighted by molar-refractivity contribution is 0.651. The Morgan fingerprint density at radius 1 is 1.58 bits per heavy atom.